The molecular weight excluding hydrogens is 493 g/mol. The Kier molecular flexibility index (Phi) is 5.50. The number of aromatic amines is 2. The quantitative estimate of drug-likeness (QED) is 0.302. The van der Waals surface area contributed by atoms with Gasteiger partial charge in [-0.25, -0.2) is 17.5 Å². The molecule has 0 aliphatic carbocycles. The minimum absolute atomic E-state index is 0.0228. The first kappa shape index (κ1) is 23.0. The fourth-order valence-corrected chi connectivity index (χ4v) is 4.75. The first-order valence-corrected chi connectivity index (χ1v) is 13.2. The average Bonchev–Trinajstić information content (AvgIpc) is 3.51. The molecule has 3 N–H and O–H groups in total. The number of H-pyrrole nitrogens is 2. The summed E-state index contributed by atoms with van der Waals surface area (Å²) >= 11 is 0. The SMILES string of the molecule is CS(=O)(=O)NCc1cc(F)cc(-c2nccc3[nH]c(-c4n[nH]c5cnc(-c6ccncc6)cc45)cc23)c1. The molecule has 6 rings (SSSR count). The standard InChI is InChI=1S/C26H20FN7O2S/c1-37(35,36)31-13-15-8-17(10-18(27)9-15)25-19-12-23(32-21(19)4-7-29-25)26-20-11-22(16-2-5-28-6-3-16)30-14-24(20)33-34-26/h2-12,14,31-32H,13H2,1H3,(H,33,34). The lowest BCUT2D eigenvalue weighted by Crippen LogP contribution is -2.21. The lowest BCUT2D eigenvalue weighted by molar-refractivity contribution is 0.586. The van der Waals surface area contributed by atoms with Gasteiger partial charge in [-0.05, 0) is 54.1 Å². The van der Waals surface area contributed by atoms with Crippen molar-refractivity contribution in [2.45, 2.75) is 6.54 Å². The fourth-order valence-electron chi connectivity index (χ4n) is 4.32. The van der Waals surface area contributed by atoms with Crippen molar-refractivity contribution in [3.8, 4) is 33.9 Å². The van der Waals surface area contributed by atoms with Crippen LogP contribution in [0.15, 0.2) is 73.3 Å². The van der Waals surface area contributed by atoms with E-state index in [1.54, 1.807) is 30.9 Å². The second kappa shape index (κ2) is 8.87. The molecule has 0 saturated heterocycles. The van der Waals surface area contributed by atoms with Gasteiger partial charge in [-0.15, -0.1) is 0 Å². The molecule has 0 bridgehead atoms. The zero-order valence-electron chi connectivity index (χ0n) is 19.5. The normalized spacial score (nSPS) is 11.9. The number of aromatic nitrogens is 6. The largest absolute Gasteiger partial charge is 0.353 e. The molecule has 0 radical (unpaired) electrons. The minimum atomic E-state index is -3.42. The van der Waals surface area contributed by atoms with Crippen LogP contribution in [0.3, 0.4) is 0 Å². The third-order valence-corrected chi connectivity index (χ3v) is 6.66. The molecular formula is C26H20FN7O2S. The number of sulfonamides is 1. The Bertz CT molecular complexity index is 1880. The smallest absolute Gasteiger partial charge is 0.209 e. The van der Waals surface area contributed by atoms with Crippen molar-refractivity contribution < 1.29 is 12.8 Å². The summed E-state index contributed by atoms with van der Waals surface area (Å²) in [6.45, 7) is -0.0228. The highest BCUT2D eigenvalue weighted by molar-refractivity contribution is 7.88. The van der Waals surface area contributed by atoms with Gasteiger partial charge in [0.05, 0.1) is 35.1 Å². The molecule has 0 spiro atoms. The summed E-state index contributed by atoms with van der Waals surface area (Å²) in [6, 6.07) is 13.9. The van der Waals surface area contributed by atoms with Gasteiger partial charge >= 0.3 is 0 Å². The van der Waals surface area contributed by atoms with Crippen molar-refractivity contribution in [3.05, 3.63) is 84.7 Å². The Morgan fingerprint density at radius 2 is 1.70 bits per heavy atom. The molecule has 6 aromatic rings. The highest BCUT2D eigenvalue weighted by Crippen LogP contribution is 2.34. The van der Waals surface area contributed by atoms with Gasteiger partial charge in [-0.1, -0.05) is 0 Å². The van der Waals surface area contributed by atoms with E-state index in [0.717, 1.165) is 45.0 Å². The molecule has 0 amide bonds. The number of rotatable bonds is 6. The van der Waals surface area contributed by atoms with Crippen LogP contribution in [0.5, 0.6) is 0 Å². The van der Waals surface area contributed by atoms with E-state index in [1.165, 1.54) is 12.1 Å². The van der Waals surface area contributed by atoms with Crippen molar-refractivity contribution in [1.29, 1.82) is 0 Å². The van der Waals surface area contributed by atoms with E-state index >= 15 is 0 Å². The number of benzene rings is 1. The van der Waals surface area contributed by atoms with Crippen molar-refractivity contribution >= 4 is 31.8 Å². The Balaban J connectivity index is 1.44. The van der Waals surface area contributed by atoms with Crippen LogP contribution in [0.1, 0.15) is 5.56 Å². The van der Waals surface area contributed by atoms with Gasteiger partial charge in [0.15, 0.2) is 0 Å². The molecule has 5 aromatic heterocycles. The molecule has 0 aliphatic rings. The molecule has 5 heterocycles. The molecule has 184 valence electrons. The van der Waals surface area contributed by atoms with Crippen molar-refractivity contribution in [3.63, 3.8) is 0 Å². The molecule has 0 saturated carbocycles. The monoisotopic (exact) mass is 513 g/mol. The Morgan fingerprint density at radius 1 is 0.892 bits per heavy atom. The molecule has 11 heteroatoms. The van der Waals surface area contributed by atoms with Crippen LogP contribution in [-0.2, 0) is 16.6 Å². The molecule has 37 heavy (non-hydrogen) atoms. The maximum Gasteiger partial charge on any atom is 0.209 e. The van der Waals surface area contributed by atoms with Crippen LogP contribution in [0.25, 0.3) is 55.7 Å². The van der Waals surface area contributed by atoms with Gasteiger partial charge in [-0.2, -0.15) is 5.10 Å². The van der Waals surface area contributed by atoms with Crippen molar-refractivity contribution in [1.82, 2.24) is 34.9 Å². The first-order valence-electron chi connectivity index (χ1n) is 11.3. The molecule has 0 fully saturated rings. The lowest BCUT2D eigenvalue weighted by atomic mass is 10.0. The summed E-state index contributed by atoms with van der Waals surface area (Å²) in [5, 5.41) is 9.22. The summed E-state index contributed by atoms with van der Waals surface area (Å²) < 4.78 is 39.9. The number of fused-ring (bicyclic) bond motifs is 2. The summed E-state index contributed by atoms with van der Waals surface area (Å²) in [7, 11) is -3.42. The van der Waals surface area contributed by atoms with E-state index in [-0.39, 0.29) is 6.54 Å². The van der Waals surface area contributed by atoms with Crippen molar-refractivity contribution in [2.75, 3.05) is 6.26 Å². The summed E-state index contributed by atoms with van der Waals surface area (Å²) in [4.78, 5) is 16.5. The molecule has 0 atom stereocenters. The fraction of sp³-hybridized carbons (Fsp3) is 0.0769. The van der Waals surface area contributed by atoms with Gasteiger partial charge in [0, 0.05) is 52.6 Å². The Morgan fingerprint density at radius 3 is 2.51 bits per heavy atom. The minimum Gasteiger partial charge on any atom is -0.353 e. The first-order chi connectivity index (χ1) is 17.8. The van der Waals surface area contributed by atoms with Crippen molar-refractivity contribution in [2.24, 2.45) is 0 Å². The Labute approximate surface area is 210 Å². The van der Waals surface area contributed by atoms with E-state index in [9.17, 15) is 12.8 Å². The number of hydrogen-bond acceptors (Lipinski definition) is 6. The highest BCUT2D eigenvalue weighted by atomic mass is 32.2. The third kappa shape index (κ3) is 4.57. The number of halogens is 1. The van der Waals surface area contributed by atoms with Crippen LogP contribution < -0.4 is 4.72 Å². The number of nitrogens with one attached hydrogen (secondary N) is 3. The average molecular weight is 514 g/mol. The van der Waals surface area contributed by atoms with Gasteiger partial charge in [0.25, 0.3) is 0 Å². The zero-order valence-corrected chi connectivity index (χ0v) is 20.3. The predicted octanol–water partition coefficient (Wildman–Crippen LogP) is 4.42. The van der Waals surface area contributed by atoms with Gasteiger partial charge < -0.3 is 4.98 Å². The Hall–Kier alpha value is -4.48. The van der Waals surface area contributed by atoms with E-state index in [4.69, 9.17) is 0 Å². The van der Waals surface area contributed by atoms with Gasteiger partial charge in [-0.3, -0.25) is 20.1 Å². The maximum atomic E-state index is 14.5. The van der Waals surface area contributed by atoms with E-state index in [0.29, 0.717) is 22.5 Å². The maximum absolute atomic E-state index is 14.5. The number of hydrogen-bond donors (Lipinski definition) is 3. The highest BCUT2D eigenvalue weighted by Gasteiger charge is 2.16. The van der Waals surface area contributed by atoms with Gasteiger partial charge in [0.2, 0.25) is 10.0 Å². The molecule has 9 nitrogen and oxygen atoms in total. The summed E-state index contributed by atoms with van der Waals surface area (Å²) in [5.41, 5.74) is 6.41. The van der Waals surface area contributed by atoms with E-state index < -0.39 is 15.8 Å². The van der Waals surface area contributed by atoms with Crippen LogP contribution >= 0.6 is 0 Å². The predicted molar refractivity (Wildman–Crippen MR) is 139 cm³/mol. The number of pyridine rings is 3. The zero-order chi connectivity index (χ0) is 25.6. The second-order valence-corrected chi connectivity index (χ2v) is 10.5. The van der Waals surface area contributed by atoms with E-state index in [2.05, 4.69) is 34.9 Å². The van der Waals surface area contributed by atoms with Crippen LogP contribution in [0.2, 0.25) is 0 Å². The topological polar surface area (TPSA) is 129 Å². The van der Waals surface area contributed by atoms with E-state index in [1.807, 2.05) is 30.3 Å². The third-order valence-electron chi connectivity index (χ3n) is 6.00. The van der Waals surface area contributed by atoms with Crippen LogP contribution in [-0.4, -0.2) is 44.8 Å². The van der Waals surface area contributed by atoms with Gasteiger partial charge in [0.1, 0.15) is 11.5 Å². The lowest BCUT2D eigenvalue weighted by Gasteiger charge is -2.07. The second-order valence-electron chi connectivity index (χ2n) is 8.67. The summed E-state index contributed by atoms with van der Waals surface area (Å²) in [6.07, 6.45) is 7.89. The molecule has 0 unspecified atom stereocenters. The van der Waals surface area contributed by atoms with Crippen LogP contribution in [0.4, 0.5) is 4.39 Å². The molecule has 1 aromatic carbocycles. The summed E-state index contributed by atoms with van der Waals surface area (Å²) in [5.74, 6) is -0.480. The number of nitrogens with zero attached hydrogens (tertiary/aromatic N) is 4. The van der Waals surface area contributed by atoms with Crippen LogP contribution in [0, 0.1) is 5.82 Å². The molecule has 0 aliphatic heterocycles.